The van der Waals surface area contributed by atoms with Crippen LogP contribution in [0.25, 0.3) is 10.9 Å². The van der Waals surface area contributed by atoms with Gasteiger partial charge in [-0.15, -0.1) is 0 Å². The Kier molecular flexibility index (Phi) is 3.74. The van der Waals surface area contributed by atoms with Gasteiger partial charge in [0.25, 0.3) is 0 Å². The van der Waals surface area contributed by atoms with Crippen LogP contribution in [0.5, 0.6) is 5.75 Å². The van der Waals surface area contributed by atoms with E-state index in [4.69, 9.17) is 10.00 Å². The van der Waals surface area contributed by atoms with Crippen LogP contribution < -0.4 is 10.1 Å². The number of ether oxygens (including phenoxy) is 1. The highest BCUT2D eigenvalue weighted by Gasteiger charge is 2.03. The first kappa shape index (κ1) is 13.1. The van der Waals surface area contributed by atoms with Gasteiger partial charge >= 0.3 is 0 Å². The number of rotatable bonds is 5. The molecule has 1 aromatic heterocycles. The number of nitriles is 1. The number of H-pyrrole nitrogens is 1. The molecule has 0 saturated carbocycles. The van der Waals surface area contributed by atoms with Gasteiger partial charge in [-0.1, -0.05) is 24.3 Å². The van der Waals surface area contributed by atoms with Crippen molar-refractivity contribution in [2.24, 2.45) is 0 Å². The molecule has 4 nitrogen and oxygen atoms in total. The number of anilines is 1. The van der Waals surface area contributed by atoms with Gasteiger partial charge in [0.1, 0.15) is 11.8 Å². The third kappa shape index (κ3) is 2.98. The average Bonchev–Trinajstić information content (AvgIpc) is 2.95. The molecule has 2 aromatic carbocycles. The van der Waals surface area contributed by atoms with Crippen LogP contribution in [0.2, 0.25) is 0 Å². The summed E-state index contributed by atoms with van der Waals surface area (Å²) in [5, 5.41) is 13.1. The summed E-state index contributed by atoms with van der Waals surface area (Å²) in [6.07, 6.45) is 2.02. The average molecular weight is 277 g/mol. The van der Waals surface area contributed by atoms with E-state index in [9.17, 15) is 0 Å². The minimum atomic E-state index is 0.0614. The molecule has 3 aromatic rings. The lowest BCUT2D eigenvalue weighted by Crippen LogP contribution is -1.99. The van der Waals surface area contributed by atoms with Gasteiger partial charge < -0.3 is 15.0 Å². The van der Waals surface area contributed by atoms with Crippen LogP contribution >= 0.6 is 0 Å². The molecule has 0 atom stereocenters. The molecule has 0 aliphatic carbocycles. The molecule has 3 rings (SSSR count). The predicted molar refractivity (Wildman–Crippen MR) is 83.2 cm³/mol. The van der Waals surface area contributed by atoms with Gasteiger partial charge in [-0.25, -0.2) is 0 Å². The quantitative estimate of drug-likeness (QED) is 0.747. The van der Waals surface area contributed by atoms with Gasteiger partial charge in [-0.3, -0.25) is 0 Å². The van der Waals surface area contributed by atoms with Crippen LogP contribution in [0.4, 0.5) is 5.69 Å². The molecule has 0 saturated heterocycles. The molecule has 0 aliphatic heterocycles. The zero-order chi connectivity index (χ0) is 14.5. The standard InChI is InChI=1S/C17H15N3O/c18-8-9-21-15-5-3-4-14(10-15)19-11-13-12-20-17-7-2-1-6-16(13)17/h1-7,10,12,19-20H,9,11H2. The number of aromatic amines is 1. The van der Waals surface area contributed by atoms with Crippen LogP contribution in [0.1, 0.15) is 5.56 Å². The second kappa shape index (κ2) is 6.02. The van der Waals surface area contributed by atoms with Crippen molar-refractivity contribution >= 4 is 16.6 Å². The molecule has 0 unspecified atom stereocenters. The largest absolute Gasteiger partial charge is 0.479 e. The zero-order valence-electron chi connectivity index (χ0n) is 11.5. The zero-order valence-corrected chi connectivity index (χ0v) is 11.5. The Bertz CT molecular complexity index is 786. The normalized spacial score (nSPS) is 10.2. The van der Waals surface area contributed by atoms with E-state index in [0.29, 0.717) is 5.75 Å². The molecule has 0 bridgehead atoms. The fourth-order valence-electron chi connectivity index (χ4n) is 2.29. The SMILES string of the molecule is N#CCOc1cccc(NCc2c[nH]c3ccccc23)c1. The molecular formula is C17H15N3O. The van der Waals surface area contributed by atoms with Gasteiger partial charge in [0.2, 0.25) is 0 Å². The number of hydrogen-bond acceptors (Lipinski definition) is 3. The highest BCUT2D eigenvalue weighted by atomic mass is 16.5. The van der Waals surface area contributed by atoms with E-state index < -0.39 is 0 Å². The van der Waals surface area contributed by atoms with Crippen molar-refractivity contribution in [3.8, 4) is 11.8 Å². The van der Waals surface area contributed by atoms with Crippen molar-refractivity contribution in [3.05, 3.63) is 60.3 Å². The van der Waals surface area contributed by atoms with E-state index in [1.165, 1.54) is 10.9 Å². The summed E-state index contributed by atoms with van der Waals surface area (Å²) >= 11 is 0. The number of nitrogens with one attached hydrogen (secondary N) is 2. The Morgan fingerprint density at radius 2 is 2.05 bits per heavy atom. The minimum Gasteiger partial charge on any atom is -0.479 e. The molecular weight excluding hydrogens is 262 g/mol. The van der Waals surface area contributed by atoms with E-state index in [1.54, 1.807) is 0 Å². The van der Waals surface area contributed by atoms with E-state index in [2.05, 4.69) is 22.4 Å². The topological polar surface area (TPSA) is 60.8 Å². The second-order valence-corrected chi connectivity index (χ2v) is 4.69. The first-order valence-corrected chi connectivity index (χ1v) is 6.75. The smallest absolute Gasteiger partial charge is 0.174 e. The summed E-state index contributed by atoms with van der Waals surface area (Å²) in [7, 11) is 0. The van der Waals surface area contributed by atoms with Crippen molar-refractivity contribution < 1.29 is 4.74 Å². The molecule has 21 heavy (non-hydrogen) atoms. The lowest BCUT2D eigenvalue weighted by atomic mass is 10.2. The Labute approximate surface area is 123 Å². The number of nitrogens with zero attached hydrogens (tertiary/aromatic N) is 1. The van der Waals surface area contributed by atoms with Crippen LogP contribution in [0, 0.1) is 11.3 Å². The summed E-state index contributed by atoms with van der Waals surface area (Å²) in [4.78, 5) is 3.26. The highest BCUT2D eigenvalue weighted by Crippen LogP contribution is 2.21. The van der Waals surface area contributed by atoms with Crippen LogP contribution in [-0.2, 0) is 6.54 Å². The summed E-state index contributed by atoms with van der Waals surface area (Å²) in [5.41, 5.74) is 3.32. The van der Waals surface area contributed by atoms with Gasteiger partial charge in [0, 0.05) is 35.4 Å². The molecule has 0 spiro atoms. The van der Waals surface area contributed by atoms with Crippen molar-refractivity contribution in [1.29, 1.82) is 5.26 Å². The van der Waals surface area contributed by atoms with Crippen LogP contribution in [0.15, 0.2) is 54.7 Å². The Hall–Kier alpha value is -2.93. The molecule has 4 heteroatoms. The maximum Gasteiger partial charge on any atom is 0.174 e. The van der Waals surface area contributed by atoms with Gasteiger partial charge in [0.15, 0.2) is 6.61 Å². The maximum atomic E-state index is 8.53. The fourth-order valence-corrected chi connectivity index (χ4v) is 2.29. The summed E-state index contributed by atoms with van der Waals surface area (Å²) in [6.45, 7) is 0.789. The maximum absolute atomic E-state index is 8.53. The third-order valence-electron chi connectivity index (χ3n) is 3.30. The van der Waals surface area contributed by atoms with Crippen LogP contribution in [-0.4, -0.2) is 11.6 Å². The van der Waals surface area contributed by atoms with E-state index in [-0.39, 0.29) is 6.61 Å². The Balaban J connectivity index is 1.71. The lowest BCUT2D eigenvalue weighted by molar-refractivity contribution is 0.368. The van der Waals surface area contributed by atoms with Crippen molar-refractivity contribution in [2.45, 2.75) is 6.54 Å². The first-order chi connectivity index (χ1) is 10.4. The summed E-state index contributed by atoms with van der Waals surface area (Å²) < 4.78 is 5.30. The number of para-hydroxylation sites is 1. The number of aromatic nitrogens is 1. The van der Waals surface area contributed by atoms with Gasteiger partial charge in [-0.2, -0.15) is 5.26 Å². The summed E-state index contributed by atoms with van der Waals surface area (Å²) in [5.74, 6) is 0.695. The van der Waals surface area contributed by atoms with E-state index in [1.807, 2.05) is 48.7 Å². The first-order valence-electron chi connectivity index (χ1n) is 6.75. The second-order valence-electron chi connectivity index (χ2n) is 4.69. The molecule has 0 radical (unpaired) electrons. The molecule has 104 valence electrons. The van der Waals surface area contributed by atoms with Crippen molar-refractivity contribution in [3.63, 3.8) is 0 Å². The van der Waals surface area contributed by atoms with E-state index >= 15 is 0 Å². The highest BCUT2D eigenvalue weighted by molar-refractivity contribution is 5.83. The molecule has 0 fully saturated rings. The molecule has 0 aliphatic rings. The third-order valence-corrected chi connectivity index (χ3v) is 3.30. The Morgan fingerprint density at radius 1 is 1.14 bits per heavy atom. The van der Waals surface area contributed by atoms with Crippen molar-refractivity contribution in [1.82, 2.24) is 4.98 Å². The minimum absolute atomic E-state index is 0.0614. The van der Waals surface area contributed by atoms with Gasteiger partial charge in [0.05, 0.1) is 0 Å². The molecule has 2 N–H and O–H groups in total. The van der Waals surface area contributed by atoms with Crippen molar-refractivity contribution in [2.75, 3.05) is 11.9 Å². The fraction of sp³-hybridized carbons (Fsp3) is 0.118. The van der Waals surface area contributed by atoms with E-state index in [0.717, 1.165) is 17.7 Å². The number of fused-ring (bicyclic) bond motifs is 1. The lowest BCUT2D eigenvalue weighted by Gasteiger charge is -2.08. The van der Waals surface area contributed by atoms with Crippen LogP contribution in [0.3, 0.4) is 0 Å². The monoisotopic (exact) mass is 277 g/mol. The predicted octanol–water partition coefficient (Wildman–Crippen LogP) is 3.68. The Morgan fingerprint density at radius 3 is 2.95 bits per heavy atom. The van der Waals surface area contributed by atoms with Gasteiger partial charge in [-0.05, 0) is 23.8 Å². The molecule has 0 amide bonds. The summed E-state index contributed by atoms with van der Waals surface area (Å²) in [6, 6.07) is 17.8. The number of hydrogen-bond donors (Lipinski definition) is 2. The molecule has 1 heterocycles. The number of benzene rings is 2.